The topological polar surface area (TPSA) is 79.5 Å². The molecule has 2 N–H and O–H groups in total. The number of amides is 1. The van der Waals surface area contributed by atoms with Crippen LogP contribution in [-0.2, 0) is 24.1 Å². The standard InChI is InChI=1S/C25H36N2O4/c1-5-6-7-8-19-9-11-20(12-10-19)13-14-22-15-16-23(31-22)25(30)26-21(17-24(28)29)18-27(2,3)4/h9-12,15-16,21H,5-8,13-14,17-18H2,1-4H3,(H-,26,28,29,30)/p+1. The Morgan fingerprint density at radius 1 is 0.968 bits per heavy atom. The zero-order valence-corrected chi connectivity index (χ0v) is 19.3. The van der Waals surface area contributed by atoms with E-state index in [1.807, 2.05) is 27.2 Å². The highest BCUT2D eigenvalue weighted by Gasteiger charge is 2.24. The molecule has 2 rings (SSSR count). The third-order valence-electron chi connectivity index (χ3n) is 5.16. The molecule has 0 bridgehead atoms. The van der Waals surface area contributed by atoms with Crippen LogP contribution in [0.4, 0.5) is 0 Å². The number of nitrogens with zero attached hydrogens (tertiary/aromatic N) is 1. The molecule has 1 amide bonds. The number of unbranched alkanes of at least 4 members (excludes halogenated alkanes) is 2. The summed E-state index contributed by atoms with van der Waals surface area (Å²) in [5, 5.41) is 11.9. The van der Waals surface area contributed by atoms with Gasteiger partial charge in [-0.05, 0) is 42.5 Å². The highest BCUT2D eigenvalue weighted by atomic mass is 16.4. The number of carboxylic acid groups (broad SMARTS) is 1. The van der Waals surface area contributed by atoms with Gasteiger partial charge in [0.2, 0.25) is 0 Å². The van der Waals surface area contributed by atoms with Gasteiger partial charge in [0.15, 0.2) is 5.76 Å². The first-order chi connectivity index (χ1) is 14.7. The number of rotatable bonds is 13. The molecule has 170 valence electrons. The van der Waals surface area contributed by atoms with Gasteiger partial charge in [-0.15, -0.1) is 0 Å². The molecule has 1 heterocycles. The molecule has 0 radical (unpaired) electrons. The summed E-state index contributed by atoms with van der Waals surface area (Å²) in [6.07, 6.45) is 6.28. The third kappa shape index (κ3) is 9.39. The summed E-state index contributed by atoms with van der Waals surface area (Å²) < 4.78 is 6.28. The van der Waals surface area contributed by atoms with Crippen LogP contribution < -0.4 is 5.32 Å². The van der Waals surface area contributed by atoms with Crippen molar-refractivity contribution in [3.63, 3.8) is 0 Å². The first-order valence-electron chi connectivity index (χ1n) is 11.2. The lowest BCUT2D eigenvalue weighted by molar-refractivity contribution is -0.871. The van der Waals surface area contributed by atoms with Gasteiger partial charge in [-0.25, -0.2) is 0 Å². The van der Waals surface area contributed by atoms with Crippen LogP contribution in [-0.4, -0.2) is 55.2 Å². The Morgan fingerprint density at radius 3 is 2.19 bits per heavy atom. The van der Waals surface area contributed by atoms with Gasteiger partial charge in [-0.3, -0.25) is 9.59 Å². The van der Waals surface area contributed by atoms with Crippen molar-refractivity contribution in [1.29, 1.82) is 0 Å². The molecule has 6 heteroatoms. The van der Waals surface area contributed by atoms with E-state index in [4.69, 9.17) is 9.52 Å². The summed E-state index contributed by atoms with van der Waals surface area (Å²) in [4.78, 5) is 23.7. The van der Waals surface area contributed by atoms with Gasteiger partial charge in [-0.1, -0.05) is 44.0 Å². The van der Waals surface area contributed by atoms with E-state index in [1.165, 1.54) is 30.4 Å². The summed E-state index contributed by atoms with van der Waals surface area (Å²) in [5.74, 6) is -0.339. The number of hydrogen-bond donors (Lipinski definition) is 2. The van der Waals surface area contributed by atoms with Crippen LogP contribution in [0, 0.1) is 0 Å². The van der Waals surface area contributed by atoms with Gasteiger partial charge in [0.05, 0.1) is 40.2 Å². The molecule has 0 saturated carbocycles. The molecule has 2 aromatic rings. The Labute approximate surface area is 185 Å². The Bertz CT molecular complexity index is 834. The van der Waals surface area contributed by atoms with Crippen LogP contribution in [0.25, 0.3) is 0 Å². The fourth-order valence-corrected chi connectivity index (χ4v) is 3.64. The van der Waals surface area contributed by atoms with E-state index >= 15 is 0 Å². The Hall–Kier alpha value is -2.60. The molecule has 0 aliphatic heterocycles. The number of carbonyl (C=O) groups excluding carboxylic acids is 1. The number of aryl methyl sites for hydroxylation is 3. The van der Waals surface area contributed by atoms with Crippen LogP contribution in [0.5, 0.6) is 0 Å². The maximum atomic E-state index is 12.6. The third-order valence-corrected chi connectivity index (χ3v) is 5.16. The van der Waals surface area contributed by atoms with Crippen molar-refractivity contribution in [2.45, 2.75) is 57.9 Å². The van der Waals surface area contributed by atoms with Crippen LogP contribution >= 0.6 is 0 Å². The lowest BCUT2D eigenvalue weighted by Gasteiger charge is -2.28. The SMILES string of the molecule is CCCCCc1ccc(CCc2ccc(C(=O)NC(CC(=O)O)C[N+](C)(C)C)o2)cc1. The zero-order valence-electron chi connectivity index (χ0n) is 19.3. The molecule has 0 saturated heterocycles. The van der Waals surface area contributed by atoms with Gasteiger partial charge < -0.3 is 19.3 Å². The van der Waals surface area contributed by atoms with Crippen molar-refractivity contribution in [3.05, 3.63) is 59.0 Å². The van der Waals surface area contributed by atoms with Gasteiger partial charge in [0.25, 0.3) is 5.91 Å². The number of aliphatic carboxylic acids is 1. The minimum atomic E-state index is -0.935. The van der Waals surface area contributed by atoms with Crippen molar-refractivity contribution in [1.82, 2.24) is 5.32 Å². The van der Waals surface area contributed by atoms with E-state index in [0.29, 0.717) is 17.4 Å². The van der Waals surface area contributed by atoms with Crippen molar-refractivity contribution >= 4 is 11.9 Å². The Morgan fingerprint density at radius 2 is 1.61 bits per heavy atom. The maximum Gasteiger partial charge on any atom is 0.305 e. The highest BCUT2D eigenvalue weighted by molar-refractivity contribution is 5.92. The number of quaternary nitrogens is 1. The summed E-state index contributed by atoms with van der Waals surface area (Å²) in [7, 11) is 5.89. The second kappa shape index (κ2) is 11.7. The summed E-state index contributed by atoms with van der Waals surface area (Å²) in [6.45, 7) is 2.73. The molecule has 1 aromatic heterocycles. The first kappa shape index (κ1) is 24.7. The van der Waals surface area contributed by atoms with E-state index in [2.05, 4.69) is 36.5 Å². The molecule has 31 heavy (non-hydrogen) atoms. The molecular weight excluding hydrogens is 392 g/mol. The van der Waals surface area contributed by atoms with Crippen LogP contribution in [0.1, 0.15) is 60.0 Å². The Balaban J connectivity index is 1.88. The average molecular weight is 430 g/mol. The summed E-state index contributed by atoms with van der Waals surface area (Å²) in [6, 6.07) is 11.7. The predicted octanol–water partition coefficient (Wildman–Crippen LogP) is 4.08. The van der Waals surface area contributed by atoms with Gasteiger partial charge in [0.1, 0.15) is 5.76 Å². The highest BCUT2D eigenvalue weighted by Crippen LogP contribution is 2.14. The molecular formula is C25H37N2O4+. The molecule has 1 unspecified atom stereocenters. The normalized spacial score (nSPS) is 12.5. The molecule has 0 fully saturated rings. The van der Waals surface area contributed by atoms with Crippen molar-refractivity contribution in [2.75, 3.05) is 27.7 Å². The maximum absolute atomic E-state index is 12.6. The van der Waals surface area contributed by atoms with E-state index in [-0.39, 0.29) is 18.1 Å². The second-order valence-corrected chi connectivity index (χ2v) is 9.28. The number of nitrogens with one attached hydrogen (secondary N) is 1. The lowest BCUT2D eigenvalue weighted by atomic mass is 10.0. The van der Waals surface area contributed by atoms with Crippen molar-refractivity contribution in [2.24, 2.45) is 0 Å². The average Bonchev–Trinajstić information content (AvgIpc) is 3.15. The molecule has 6 nitrogen and oxygen atoms in total. The quantitative estimate of drug-likeness (QED) is 0.371. The lowest BCUT2D eigenvalue weighted by Crippen LogP contribution is -2.49. The van der Waals surface area contributed by atoms with Crippen LogP contribution in [0.3, 0.4) is 0 Å². The minimum Gasteiger partial charge on any atom is -0.481 e. The molecule has 1 aromatic carbocycles. The smallest absolute Gasteiger partial charge is 0.305 e. The fraction of sp³-hybridized carbons (Fsp3) is 0.520. The van der Waals surface area contributed by atoms with Gasteiger partial charge in [-0.2, -0.15) is 0 Å². The number of furan rings is 1. The van der Waals surface area contributed by atoms with Gasteiger partial charge in [0, 0.05) is 6.42 Å². The monoisotopic (exact) mass is 429 g/mol. The number of likely N-dealkylation sites (N-methyl/N-ethyl adjacent to an activating group) is 1. The summed E-state index contributed by atoms with van der Waals surface area (Å²) >= 11 is 0. The summed E-state index contributed by atoms with van der Waals surface area (Å²) in [5.41, 5.74) is 2.62. The van der Waals surface area contributed by atoms with Crippen LogP contribution in [0.2, 0.25) is 0 Å². The second-order valence-electron chi connectivity index (χ2n) is 9.28. The van der Waals surface area contributed by atoms with Crippen LogP contribution in [0.15, 0.2) is 40.8 Å². The number of carboxylic acids is 1. The molecule has 0 aliphatic rings. The van der Waals surface area contributed by atoms with E-state index in [9.17, 15) is 9.59 Å². The number of carbonyl (C=O) groups is 2. The number of hydrogen-bond acceptors (Lipinski definition) is 3. The molecule has 0 aliphatic carbocycles. The Kier molecular flexibility index (Phi) is 9.31. The van der Waals surface area contributed by atoms with Gasteiger partial charge >= 0.3 is 5.97 Å². The number of benzene rings is 1. The van der Waals surface area contributed by atoms with Crippen molar-refractivity contribution in [3.8, 4) is 0 Å². The molecule has 0 spiro atoms. The van der Waals surface area contributed by atoms with E-state index in [0.717, 1.165) is 18.6 Å². The first-order valence-corrected chi connectivity index (χ1v) is 11.2. The fourth-order valence-electron chi connectivity index (χ4n) is 3.64. The van der Waals surface area contributed by atoms with Crippen molar-refractivity contribution < 1.29 is 23.6 Å². The minimum absolute atomic E-state index is 0.122. The van der Waals surface area contributed by atoms with E-state index in [1.54, 1.807) is 6.07 Å². The largest absolute Gasteiger partial charge is 0.481 e. The zero-order chi connectivity index (χ0) is 22.9. The molecule has 1 atom stereocenters. The predicted molar refractivity (Wildman–Crippen MR) is 122 cm³/mol. The van der Waals surface area contributed by atoms with E-state index < -0.39 is 12.0 Å².